The lowest BCUT2D eigenvalue weighted by Gasteiger charge is -2.35. The number of para-hydroxylation sites is 1. The second kappa shape index (κ2) is 7.92. The fraction of sp³-hybridized carbons (Fsp3) is 0.364. The summed E-state index contributed by atoms with van der Waals surface area (Å²) in [4.78, 5) is 15.0. The molecule has 1 unspecified atom stereocenters. The van der Waals surface area contributed by atoms with Gasteiger partial charge in [-0.05, 0) is 36.6 Å². The van der Waals surface area contributed by atoms with Gasteiger partial charge in [0.15, 0.2) is 0 Å². The second-order valence-corrected chi connectivity index (χ2v) is 7.12. The first kappa shape index (κ1) is 17.7. The molecule has 27 heavy (non-hydrogen) atoms. The zero-order chi connectivity index (χ0) is 18.6. The molecule has 1 amide bonds. The van der Waals surface area contributed by atoms with E-state index in [4.69, 9.17) is 0 Å². The van der Waals surface area contributed by atoms with Crippen LogP contribution in [0.1, 0.15) is 24.5 Å². The van der Waals surface area contributed by atoms with E-state index in [2.05, 4.69) is 58.6 Å². The lowest BCUT2D eigenvalue weighted by molar-refractivity contribution is -0.127. The highest BCUT2D eigenvalue weighted by Gasteiger charge is 2.29. The van der Waals surface area contributed by atoms with Gasteiger partial charge in [0.2, 0.25) is 5.91 Å². The van der Waals surface area contributed by atoms with Crippen LogP contribution in [-0.2, 0) is 24.3 Å². The number of nitrogens with one attached hydrogen (secondary N) is 1. The summed E-state index contributed by atoms with van der Waals surface area (Å²) in [6.07, 6.45) is 3.55. The molecule has 5 nitrogen and oxygen atoms in total. The molecule has 0 saturated heterocycles. The standard InChI is InChI=1S/C22H26N4O/c1-2-25-16-19-10-4-3-8-17(19)14-21(25)22(27)23-12-7-13-26-20-11-6-5-9-18(20)15-24-26/h3-6,8-11,15,21H,2,7,12-14,16H2,1H3,(H,23,27). The molecule has 0 saturated carbocycles. The van der Waals surface area contributed by atoms with Crippen LogP contribution in [0.4, 0.5) is 0 Å². The third-order valence-electron chi connectivity index (χ3n) is 5.45. The number of hydrogen-bond acceptors (Lipinski definition) is 3. The molecule has 1 aliphatic rings. The van der Waals surface area contributed by atoms with Crippen LogP contribution < -0.4 is 5.32 Å². The van der Waals surface area contributed by atoms with Crippen LogP contribution in [0.25, 0.3) is 10.9 Å². The predicted octanol–water partition coefficient (Wildman–Crippen LogP) is 2.99. The molecule has 140 valence electrons. The number of rotatable bonds is 6. The molecule has 0 bridgehead atoms. The predicted molar refractivity (Wildman–Crippen MR) is 107 cm³/mol. The summed E-state index contributed by atoms with van der Waals surface area (Å²) in [6.45, 7) is 5.33. The van der Waals surface area contributed by atoms with Crippen LogP contribution >= 0.6 is 0 Å². The maximum atomic E-state index is 12.8. The van der Waals surface area contributed by atoms with Crippen molar-refractivity contribution in [3.05, 3.63) is 65.9 Å². The van der Waals surface area contributed by atoms with Crippen molar-refractivity contribution in [2.24, 2.45) is 0 Å². The van der Waals surface area contributed by atoms with Crippen molar-refractivity contribution in [3.8, 4) is 0 Å². The number of likely N-dealkylation sites (N-methyl/N-ethyl adjacent to an activating group) is 1. The van der Waals surface area contributed by atoms with Gasteiger partial charge in [-0.1, -0.05) is 49.4 Å². The van der Waals surface area contributed by atoms with E-state index in [0.717, 1.165) is 43.4 Å². The fourth-order valence-corrected chi connectivity index (χ4v) is 3.93. The molecule has 5 heteroatoms. The van der Waals surface area contributed by atoms with E-state index in [1.807, 2.05) is 23.0 Å². The van der Waals surface area contributed by atoms with Gasteiger partial charge >= 0.3 is 0 Å². The van der Waals surface area contributed by atoms with Gasteiger partial charge in [-0.25, -0.2) is 0 Å². The van der Waals surface area contributed by atoms with Crippen molar-refractivity contribution in [1.29, 1.82) is 0 Å². The van der Waals surface area contributed by atoms with Crippen molar-refractivity contribution in [2.75, 3.05) is 13.1 Å². The molecule has 1 aliphatic heterocycles. The Hall–Kier alpha value is -2.66. The highest BCUT2D eigenvalue weighted by Crippen LogP contribution is 2.23. The van der Waals surface area contributed by atoms with Gasteiger partial charge < -0.3 is 5.32 Å². The number of nitrogens with zero attached hydrogens (tertiary/aromatic N) is 3. The summed E-state index contributed by atoms with van der Waals surface area (Å²) in [5.41, 5.74) is 3.78. The zero-order valence-corrected chi connectivity index (χ0v) is 15.8. The molecule has 0 spiro atoms. The average Bonchev–Trinajstić information content (AvgIpc) is 3.13. The SMILES string of the molecule is CCN1Cc2ccccc2CC1C(=O)NCCCn1ncc2ccccc21. The molecule has 0 aliphatic carbocycles. The number of aryl methyl sites for hydroxylation is 1. The van der Waals surface area contributed by atoms with Gasteiger partial charge in [0.1, 0.15) is 0 Å². The van der Waals surface area contributed by atoms with Gasteiger partial charge in [-0.2, -0.15) is 5.10 Å². The number of amides is 1. The zero-order valence-electron chi connectivity index (χ0n) is 15.8. The molecule has 4 rings (SSSR count). The van der Waals surface area contributed by atoms with Crippen molar-refractivity contribution >= 4 is 16.8 Å². The molecular weight excluding hydrogens is 336 g/mol. The molecule has 1 atom stereocenters. The fourth-order valence-electron chi connectivity index (χ4n) is 3.93. The highest BCUT2D eigenvalue weighted by atomic mass is 16.2. The van der Waals surface area contributed by atoms with Crippen molar-refractivity contribution < 1.29 is 4.79 Å². The van der Waals surface area contributed by atoms with Crippen molar-refractivity contribution in [1.82, 2.24) is 20.0 Å². The first-order valence-corrected chi connectivity index (χ1v) is 9.75. The summed E-state index contributed by atoms with van der Waals surface area (Å²) in [7, 11) is 0. The Labute approximate surface area is 160 Å². The Morgan fingerprint density at radius 2 is 1.93 bits per heavy atom. The first-order valence-electron chi connectivity index (χ1n) is 9.75. The van der Waals surface area contributed by atoms with Gasteiger partial charge in [-0.3, -0.25) is 14.4 Å². The maximum Gasteiger partial charge on any atom is 0.237 e. The van der Waals surface area contributed by atoms with Gasteiger partial charge in [0.05, 0.1) is 17.8 Å². The number of benzene rings is 2. The van der Waals surface area contributed by atoms with E-state index in [9.17, 15) is 4.79 Å². The van der Waals surface area contributed by atoms with Crippen LogP contribution in [-0.4, -0.2) is 39.7 Å². The summed E-state index contributed by atoms with van der Waals surface area (Å²) < 4.78 is 2.01. The Morgan fingerprint density at radius 1 is 1.15 bits per heavy atom. The summed E-state index contributed by atoms with van der Waals surface area (Å²) in [5.74, 6) is 0.136. The molecule has 2 heterocycles. The van der Waals surface area contributed by atoms with E-state index in [1.54, 1.807) is 0 Å². The Kier molecular flexibility index (Phi) is 5.21. The summed E-state index contributed by atoms with van der Waals surface area (Å²) in [5, 5.41) is 8.74. The maximum absolute atomic E-state index is 12.8. The van der Waals surface area contributed by atoms with Crippen LogP contribution in [0.2, 0.25) is 0 Å². The number of aromatic nitrogens is 2. The topological polar surface area (TPSA) is 50.2 Å². The van der Waals surface area contributed by atoms with Crippen LogP contribution in [0, 0.1) is 0 Å². The van der Waals surface area contributed by atoms with Crippen molar-refractivity contribution in [3.63, 3.8) is 0 Å². The Morgan fingerprint density at radius 3 is 2.78 bits per heavy atom. The molecule has 1 N–H and O–H groups in total. The minimum absolute atomic E-state index is 0.0737. The van der Waals surface area contributed by atoms with Crippen LogP contribution in [0.15, 0.2) is 54.7 Å². The molecule has 0 fully saturated rings. The quantitative estimate of drug-likeness (QED) is 0.686. The smallest absolute Gasteiger partial charge is 0.237 e. The molecule has 1 aromatic heterocycles. The molecular formula is C22H26N4O. The monoisotopic (exact) mass is 362 g/mol. The largest absolute Gasteiger partial charge is 0.355 e. The van der Waals surface area contributed by atoms with E-state index in [1.165, 1.54) is 11.1 Å². The molecule has 3 aromatic rings. The lowest BCUT2D eigenvalue weighted by atomic mass is 9.93. The molecule has 0 radical (unpaired) electrons. The number of fused-ring (bicyclic) bond motifs is 2. The lowest BCUT2D eigenvalue weighted by Crippen LogP contribution is -2.50. The third kappa shape index (κ3) is 3.74. The van der Waals surface area contributed by atoms with E-state index in [-0.39, 0.29) is 11.9 Å². The van der Waals surface area contributed by atoms with E-state index < -0.39 is 0 Å². The Balaban J connectivity index is 1.32. The molecule has 2 aromatic carbocycles. The number of carbonyl (C=O) groups excluding carboxylic acids is 1. The summed E-state index contributed by atoms with van der Waals surface area (Å²) in [6, 6.07) is 16.6. The number of hydrogen-bond donors (Lipinski definition) is 1. The van der Waals surface area contributed by atoms with Crippen molar-refractivity contribution in [2.45, 2.75) is 38.9 Å². The minimum Gasteiger partial charge on any atom is -0.355 e. The van der Waals surface area contributed by atoms with Crippen LogP contribution in [0.3, 0.4) is 0 Å². The minimum atomic E-state index is -0.0737. The normalized spacial score (nSPS) is 17.0. The van der Waals surface area contributed by atoms with E-state index in [0.29, 0.717) is 6.54 Å². The van der Waals surface area contributed by atoms with E-state index >= 15 is 0 Å². The average molecular weight is 362 g/mol. The van der Waals surface area contributed by atoms with Gasteiger partial charge in [-0.15, -0.1) is 0 Å². The van der Waals surface area contributed by atoms with Gasteiger partial charge in [0.25, 0.3) is 0 Å². The van der Waals surface area contributed by atoms with Crippen LogP contribution in [0.5, 0.6) is 0 Å². The Bertz CT molecular complexity index is 933. The third-order valence-corrected chi connectivity index (χ3v) is 5.45. The second-order valence-electron chi connectivity index (χ2n) is 7.12. The number of carbonyl (C=O) groups is 1. The van der Waals surface area contributed by atoms with Gasteiger partial charge in [0, 0.05) is 25.0 Å². The summed E-state index contributed by atoms with van der Waals surface area (Å²) >= 11 is 0. The highest BCUT2D eigenvalue weighted by molar-refractivity contribution is 5.82. The first-order chi connectivity index (χ1) is 13.3.